The predicted molar refractivity (Wildman–Crippen MR) is 45.6 cm³/mol. The molecule has 0 spiro atoms. The molecule has 0 radical (unpaired) electrons. The van der Waals surface area contributed by atoms with E-state index >= 15 is 0 Å². The summed E-state index contributed by atoms with van der Waals surface area (Å²) >= 11 is 0. The Hall–Kier alpha value is -0.500. The van der Waals surface area contributed by atoms with Crippen LogP contribution in [-0.4, -0.2) is 5.11 Å². The third-order valence-electron chi connectivity index (χ3n) is 1.73. The molecule has 2 aromatic rings. The molecule has 2 rings (SSSR count). The summed E-state index contributed by atoms with van der Waals surface area (Å²) in [6.45, 7) is 0. The van der Waals surface area contributed by atoms with E-state index < -0.39 is 0 Å². The number of benzene rings is 2. The summed E-state index contributed by atoms with van der Waals surface area (Å²) in [5, 5.41) is 11.4. The molecule has 1 N–H and O–H groups in total. The Bertz CT molecular complexity index is 384. The van der Waals surface area contributed by atoms with E-state index in [1.165, 1.54) is 0 Å². The van der Waals surface area contributed by atoms with Crippen LogP contribution in [0.4, 0.5) is 0 Å². The number of aromatic hydroxyl groups is 1. The molecule has 0 saturated heterocycles. The van der Waals surface area contributed by atoms with Gasteiger partial charge in [0.15, 0.2) is 0 Å². The third-order valence-corrected chi connectivity index (χ3v) is 1.73. The fourth-order valence-electron chi connectivity index (χ4n) is 1.18. The zero-order valence-corrected chi connectivity index (χ0v) is 8.99. The van der Waals surface area contributed by atoms with Gasteiger partial charge in [0, 0.05) is 0 Å². The maximum absolute atomic E-state index is 9.13. The molecule has 1 nitrogen and oxygen atoms in total. The summed E-state index contributed by atoms with van der Waals surface area (Å²) in [4.78, 5) is 0. The molecule has 0 atom stereocenters. The van der Waals surface area contributed by atoms with Gasteiger partial charge in [0.2, 0.25) is 0 Å². The fourth-order valence-corrected chi connectivity index (χ4v) is 1.18. The Kier molecular flexibility index (Phi) is 3.15. The van der Waals surface area contributed by atoms with Gasteiger partial charge >= 0.3 is 29.6 Å². The van der Waals surface area contributed by atoms with Crippen molar-refractivity contribution in [1.29, 1.82) is 0 Å². The maximum Gasteiger partial charge on any atom is 1.00 e. The van der Waals surface area contributed by atoms with Crippen LogP contribution in [0.15, 0.2) is 42.5 Å². The van der Waals surface area contributed by atoms with Crippen LogP contribution in [0.25, 0.3) is 10.8 Å². The predicted octanol–water partition coefficient (Wildman–Crippen LogP) is -0.451. The molecule has 2 aromatic carbocycles. The Balaban J connectivity index is 0.000000720. The number of phenols is 1. The van der Waals surface area contributed by atoms with E-state index in [2.05, 4.69) is 0 Å². The molecule has 0 bridgehead atoms. The van der Waals surface area contributed by atoms with E-state index in [-0.39, 0.29) is 29.6 Å². The molecule has 0 fully saturated rings. The van der Waals surface area contributed by atoms with Crippen molar-refractivity contribution in [2.45, 2.75) is 0 Å². The second-order valence-electron chi connectivity index (χ2n) is 2.53. The van der Waals surface area contributed by atoms with E-state index in [0.29, 0.717) is 5.75 Å². The Morgan fingerprint density at radius 1 is 0.833 bits per heavy atom. The first-order valence-corrected chi connectivity index (χ1v) is 3.54. The van der Waals surface area contributed by atoms with Gasteiger partial charge in [-0.1, -0.05) is 30.3 Å². The largest absolute Gasteiger partial charge is 1.00 e. The summed E-state index contributed by atoms with van der Waals surface area (Å²) in [5.41, 5.74) is 0. The molecular formula is C10H8NaO+. The second kappa shape index (κ2) is 3.94. The molecule has 0 aliphatic heterocycles. The van der Waals surface area contributed by atoms with E-state index in [9.17, 15) is 0 Å². The van der Waals surface area contributed by atoms with Crippen molar-refractivity contribution < 1.29 is 34.7 Å². The summed E-state index contributed by atoms with van der Waals surface area (Å²) < 4.78 is 0. The average Bonchev–Trinajstić information content (AvgIpc) is 2.04. The smallest absolute Gasteiger partial charge is 0.508 e. The van der Waals surface area contributed by atoms with Crippen LogP contribution in [0.2, 0.25) is 0 Å². The minimum atomic E-state index is 0. The Morgan fingerprint density at radius 2 is 1.50 bits per heavy atom. The van der Waals surface area contributed by atoms with Crippen molar-refractivity contribution in [2.75, 3.05) is 0 Å². The minimum Gasteiger partial charge on any atom is -0.508 e. The van der Waals surface area contributed by atoms with E-state index in [1.54, 1.807) is 12.1 Å². The number of phenolic OH excluding ortho intramolecular Hbond substituents is 1. The van der Waals surface area contributed by atoms with Gasteiger partial charge in [0.05, 0.1) is 0 Å². The van der Waals surface area contributed by atoms with Crippen molar-refractivity contribution in [1.82, 2.24) is 0 Å². The first kappa shape index (κ1) is 9.59. The topological polar surface area (TPSA) is 20.2 Å². The normalized spacial score (nSPS) is 9.33. The standard InChI is InChI=1S/C10H8O.Na/c11-10-6-5-8-3-1-2-4-9(8)7-10;/h1-7,11H;/q;+1. The van der Waals surface area contributed by atoms with E-state index in [1.807, 2.05) is 30.3 Å². The Labute approximate surface area is 93.3 Å². The number of fused-ring (bicyclic) bond motifs is 1. The SMILES string of the molecule is Oc1ccc2ccccc2c1.[Na+]. The molecule has 0 unspecified atom stereocenters. The summed E-state index contributed by atoms with van der Waals surface area (Å²) in [5.74, 6) is 0.323. The molecule has 12 heavy (non-hydrogen) atoms. The molecule has 0 amide bonds. The zero-order valence-electron chi connectivity index (χ0n) is 6.99. The quantitative estimate of drug-likeness (QED) is 0.527. The molecule has 2 heteroatoms. The molecule has 0 aliphatic rings. The maximum atomic E-state index is 9.13. The number of hydrogen-bond donors (Lipinski definition) is 1. The van der Waals surface area contributed by atoms with Gasteiger partial charge in [-0.15, -0.1) is 0 Å². The van der Waals surface area contributed by atoms with Crippen LogP contribution in [0, 0.1) is 0 Å². The van der Waals surface area contributed by atoms with Crippen molar-refractivity contribution in [2.24, 2.45) is 0 Å². The van der Waals surface area contributed by atoms with E-state index in [0.717, 1.165) is 10.8 Å². The minimum absolute atomic E-state index is 0. The van der Waals surface area contributed by atoms with Crippen LogP contribution in [-0.2, 0) is 0 Å². The van der Waals surface area contributed by atoms with Crippen LogP contribution in [0.3, 0.4) is 0 Å². The number of rotatable bonds is 0. The first-order valence-electron chi connectivity index (χ1n) is 3.54. The Morgan fingerprint density at radius 3 is 2.25 bits per heavy atom. The van der Waals surface area contributed by atoms with Gasteiger partial charge < -0.3 is 5.11 Å². The van der Waals surface area contributed by atoms with Gasteiger partial charge in [-0.2, -0.15) is 0 Å². The van der Waals surface area contributed by atoms with Crippen molar-refractivity contribution in [3.8, 4) is 5.75 Å². The van der Waals surface area contributed by atoms with Gasteiger partial charge in [-0.25, -0.2) is 0 Å². The van der Waals surface area contributed by atoms with Crippen molar-refractivity contribution >= 4 is 10.8 Å². The summed E-state index contributed by atoms with van der Waals surface area (Å²) in [6.07, 6.45) is 0. The van der Waals surface area contributed by atoms with E-state index in [4.69, 9.17) is 5.11 Å². The summed E-state index contributed by atoms with van der Waals surface area (Å²) in [7, 11) is 0. The van der Waals surface area contributed by atoms with Gasteiger partial charge in [-0.05, 0) is 22.9 Å². The second-order valence-corrected chi connectivity index (χ2v) is 2.53. The summed E-state index contributed by atoms with van der Waals surface area (Å²) in [6, 6.07) is 13.3. The third kappa shape index (κ3) is 1.81. The fraction of sp³-hybridized carbons (Fsp3) is 0. The molecule has 0 heterocycles. The molecule has 0 aliphatic carbocycles. The zero-order chi connectivity index (χ0) is 7.68. The van der Waals surface area contributed by atoms with Crippen LogP contribution in [0.1, 0.15) is 0 Å². The molecule has 0 aromatic heterocycles. The average molecular weight is 167 g/mol. The number of hydrogen-bond acceptors (Lipinski definition) is 1. The monoisotopic (exact) mass is 167 g/mol. The van der Waals surface area contributed by atoms with Crippen molar-refractivity contribution in [3.05, 3.63) is 42.5 Å². The molecular weight excluding hydrogens is 159 g/mol. The van der Waals surface area contributed by atoms with Gasteiger partial charge in [-0.3, -0.25) is 0 Å². The first-order chi connectivity index (χ1) is 5.36. The van der Waals surface area contributed by atoms with Gasteiger partial charge in [0.1, 0.15) is 5.75 Å². The molecule has 0 saturated carbocycles. The van der Waals surface area contributed by atoms with Gasteiger partial charge in [0.25, 0.3) is 0 Å². The van der Waals surface area contributed by atoms with Crippen LogP contribution >= 0.6 is 0 Å². The van der Waals surface area contributed by atoms with Crippen LogP contribution < -0.4 is 29.6 Å². The molecule has 54 valence electrons. The van der Waals surface area contributed by atoms with Crippen LogP contribution in [0.5, 0.6) is 5.75 Å². The van der Waals surface area contributed by atoms with Crippen molar-refractivity contribution in [3.63, 3.8) is 0 Å².